The van der Waals surface area contributed by atoms with Crippen molar-refractivity contribution in [1.29, 1.82) is 0 Å². The van der Waals surface area contributed by atoms with E-state index in [1.54, 1.807) is 3.96 Å². The molecule has 0 aliphatic carbocycles. The molecule has 4 nitrogen and oxygen atoms in total. The smallest absolute Gasteiger partial charge is 0.356 e. The number of nitrogens with zero attached hydrogens (tertiary/aromatic N) is 2. The summed E-state index contributed by atoms with van der Waals surface area (Å²) in [6.07, 6.45) is 0. The van der Waals surface area contributed by atoms with Gasteiger partial charge >= 0.3 is 5.69 Å². The highest BCUT2D eigenvalue weighted by Crippen LogP contribution is 2.12. The fraction of sp³-hybridized carbons (Fsp3) is 0.125. The van der Waals surface area contributed by atoms with Crippen LogP contribution in [-0.2, 0) is 13.1 Å². The van der Waals surface area contributed by atoms with Crippen molar-refractivity contribution in [3.63, 3.8) is 0 Å². The van der Waals surface area contributed by atoms with Gasteiger partial charge in [0.1, 0.15) is 0 Å². The van der Waals surface area contributed by atoms with Crippen molar-refractivity contribution < 1.29 is 0 Å². The van der Waals surface area contributed by atoms with E-state index in [9.17, 15) is 4.79 Å². The fourth-order valence-corrected chi connectivity index (χ4v) is 2.80. The predicted molar refractivity (Wildman–Crippen MR) is 85.7 cm³/mol. The van der Waals surface area contributed by atoms with Crippen molar-refractivity contribution in [3.05, 3.63) is 82.3 Å². The maximum atomic E-state index is 11.9. The molecule has 0 aliphatic heterocycles. The number of hydrogen-bond acceptors (Lipinski definition) is 4. The Morgan fingerprint density at radius 2 is 1.57 bits per heavy atom. The van der Waals surface area contributed by atoms with Crippen LogP contribution in [0, 0.1) is 0 Å². The highest BCUT2D eigenvalue weighted by Gasteiger charge is 2.06. The van der Waals surface area contributed by atoms with Gasteiger partial charge in [-0.3, -0.25) is 0 Å². The second kappa shape index (κ2) is 6.37. The molecule has 0 spiro atoms. The van der Waals surface area contributed by atoms with E-state index in [1.165, 1.54) is 11.5 Å². The zero-order valence-electron chi connectivity index (χ0n) is 11.4. The number of nitrogens with one attached hydrogen (secondary N) is 1. The minimum absolute atomic E-state index is 0.209. The van der Waals surface area contributed by atoms with Gasteiger partial charge in [0.15, 0.2) is 0 Å². The lowest BCUT2D eigenvalue weighted by Crippen LogP contribution is -2.15. The van der Waals surface area contributed by atoms with Gasteiger partial charge in [0, 0.05) is 6.54 Å². The summed E-state index contributed by atoms with van der Waals surface area (Å²) in [4.78, 5) is 15.9. The molecule has 0 aliphatic rings. The van der Waals surface area contributed by atoms with Gasteiger partial charge in [-0.25, -0.2) is 8.75 Å². The van der Waals surface area contributed by atoms with Crippen LogP contribution in [0.5, 0.6) is 0 Å². The van der Waals surface area contributed by atoms with E-state index < -0.39 is 0 Å². The minimum atomic E-state index is -0.209. The first-order valence-electron chi connectivity index (χ1n) is 6.71. The highest BCUT2D eigenvalue weighted by molar-refractivity contribution is 7.10. The molecule has 0 saturated carbocycles. The topological polar surface area (TPSA) is 46.9 Å². The summed E-state index contributed by atoms with van der Waals surface area (Å²) in [5.41, 5.74) is 2.05. The SMILES string of the molecule is O=c1nc(NCc2ccccc2)sn1Cc1ccccc1. The summed E-state index contributed by atoms with van der Waals surface area (Å²) in [5.74, 6) is 0. The van der Waals surface area contributed by atoms with E-state index in [0.29, 0.717) is 18.2 Å². The zero-order valence-corrected chi connectivity index (χ0v) is 12.2. The Morgan fingerprint density at radius 3 is 2.24 bits per heavy atom. The quantitative estimate of drug-likeness (QED) is 0.787. The number of rotatable bonds is 5. The van der Waals surface area contributed by atoms with Crippen LogP contribution in [-0.4, -0.2) is 8.94 Å². The van der Waals surface area contributed by atoms with Gasteiger partial charge in [-0.2, -0.15) is 4.98 Å². The second-order valence-electron chi connectivity index (χ2n) is 4.65. The molecule has 0 saturated heterocycles. The van der Waals surface area contributed by atoms with E-state index in [-0.39, 0.29) is 5.69 Å². The van der Waals surface area contributed by atoms with Crippen molar-refractivity contribution in [2.24, 2.45) is 0 Å². The predicted octanol–water partition coefficient (Wildman–Crippen LogP) is 2.97. The summed E-state index contributed by atoms with van der Waals surface area (Å²) in [7, 11) is 0. The summed E-state index contributed by atoms with van der Waals surface area (Å²) >= 11 is 1.36. The third kappa shape index (κ3) is 3.58. The molecule has 0 atom stereocenters. The van der Waals surface area contributed by atoms with Crippen LogP contribution in [0.2, 0.25) is 0 Å². The lowest BCUT2D eigenvalue weighted by Gasteiger charge is -2.02. The van der Waals surface area contributed by atoms with Gasteiger partial charge in [-0.15, -0.1) is 0 Å². The monoisotopic (exact) mass is 297 g/mol. The van der Waals surface area contributed by atoms with Gasteiger partial charge in [0.2, 0.25) is 5.13 Å². The van der Waals surface area contributed by atoms with Gasteiger partial charge in [0.25, 0.3) is 0 Å². The molecular weight excluding hydrogens is 282 g/mol. The van der Waals surface area contributed by atoms with Crippen LogP contribution in [0.3, 0.4) is 0 Å². The number of hydrogen-bond donors (Lipinski definition) is 1. The van der Waals surface area contributed by atoms with Gasteiger partial charge in [0.05, 0.1) is 6.54 Å². The van der Waals surface area contributed by atoms with E-state index >= 15 is 0 Å². The summed E-state index contributed by atoms with van der Waals surface area (Å²) in [5, 5.41) is 3.85. The first-order chi connectivity index (χ1) is 10.3. The lowest BCUT2D eigenvalue weighted by molar-refractivity contribution is 0.823. The fourth-order valence-electron chi connectivity index (χ4n) is 2.00. The van der Waals surface area contributed by atoms with Crippen LogP contribution >= 0.6 is 11.5 Å². The zero-order chi connectivity index (χ0) is 14.5. The Kier molecular flexibility index (Phi) is 4.12. The summed E-state index contributed by atoms with van der Waals surface area (Å²) < 4.78 is 1.66. The molecule has 1 heterocycles. The largest absolute Gasteiger partial charge is 0.360 e. The molecular formula is C16H15N3OS. The molecule has 3 aromatic rings. The summed E-state index contributed by atoms with van der Waals surface area (Å²) in [6, 6.07) is 20.0. The third-order valence-electron chi connectivity index (χ3n) is 3.06. The van der Waals surface area contributed by atoms with Crippen LogP contribution in [0.25, 0.3) is 0 Å². The standard InChI is InChI=1S/C16H15N3OS/c20-16-18-15(17-11-13-7-3-1-4-8-13)21-19(16)12-14-9-5-2-6-10-14/h1-10H,11-12H2,(H,17,18,20). The van der Waals surface area contributed by atoms with Crippen LogP contribution < -0.4 is 11.0 Å². The van der Waals surface area contributed by atoms with Crippen LogP contribution in [0.15, 0.2) is 65.5 Å². The van der Waals surface area contributed by atoms with Gasteiger partial charge in [-0.1, -0.05) is 60.7 Å². The second-order valence-corrected chi connectivity index (χ2v) is 5.66. The molecule has 5 heteroatoms. The Balaban J connectivity index is 1.68. The van der Waals surface area contributed by atoms with Crippen molar-refractivity contribution >= 4 is 16.7 Å². The minimum Gasteiger partial charge on any atom is -0.356 e. The van der Waals surface area contributed by atoms with E-state index in [1.807, 2.05) is 60.7 Å². The van der Waals surface area contributed by atoms with Crippen molar-refractivity contribution in [1.82, 2.24) is 8.94 Å². The third-order valence-corrected chi connectivity index (χ3v) is 3.98. The Morgan fingerprint density at radius 1 is 0.952 bits per heavy atom. The van der Waals surface area contributed by atoms with Crippen molar-refractivity contribution in [3.8, 4) is 0 Å². The van der Waals surface area contributed by atoms with Crippen molar-refractivity contribution in [2.75, 3.05) is 5.32 Å². The van der Waals surface area contributed by atoms with Gasteiger partial charge in [-0.05, 0) is 22.7 Å². The molecule has 2 aromatic carbocycles. The first-order valence-corrected chi connectivity index (χ1v) is 7.48. The van der Waals surface area contributed by atoms with E-state index in [4.69, 9.17) is 0 Å². The van der Waals surface area contributed by atoms with E-state index in [2.05, 4.69) is 10.3 Å². The molecule has 1 aromatic heterocycles. The van der Waals surface area contributed by atoms with E-state index in [0.717, 1.165) is 11.1 Å². The average molecular weight is 297 g/mol. The van der Waals surface area contributed by atoms with Crippen LogP contribution in [0.1, 0.15) is 11.1 Å². The molecule has 0 fully saturated rings. The molecule has 0 unspecified atom stereocenters. The Labute approximate surface area is 126 Å². The lowest BCUT2D eigenvalue weighted by atomic mass is 10.2. The molecule has 0 bridgehead atoms. The Bertz CT molecular complexity index is 750. The normalized spacial score (nSPS) is 10.5. The first kappa shape index (κ1) is 13.6. The summed E-state index contributed by atoms with van der Waals surface area (Å²) in [6.45, 7) is 1.23. The maximum absolute atomic E-state index is 11.9. The molecule has 106 valence electrons. The molecule has 1 N–H and O–H groups in total. The molecule has 0 amide bonds. The maximum Gasteiger partial charge on any atom is 0.360 e. The molecule has 3 rings (SSSR count). The number of aromatic nitrogens is 2. The highest BCUT2D eigenvalue weighted by atomic mass is 32.1. The van der Waals surface area contributed by atoms with Gasteiger partial charge < -0.3 is 5.32 Å². The van der Waals surface area contributed by atoms with Crippen molar-refractivity contribution in [2.45, 2.75) is 13.1 Å². The number of anilines is 1. The molecule has 21 heavy (non-hydrogen) atoms. The average Bonchev–Trinajstić information content (AvgIpc) is 2.87. The number of benzene rings is 2. The molecule has 0 radical (unpaired) electrons. The van der Waals surface area contributed by atoms with Crippen LogP contribution in [0.4, 0.5) is 5.13 Å². The Hall–Kier alpha value is -2.40.